The SMILES string of the molecule is [NH-]c1ncnc2ccc(-c3ccc(CO)o3)cc12.[U+2]. The molecule has 5 nitrogen and oxygen atoms in total. The molecule has 3 aromatic rings. The number of furan rings is 1. The van der Waals surface area contributed by atoms with Gasteiger partial charge in [0.05, 0.1) is 5.52 Å². The Morgan fingerprint density at radius 2 is 2.00 bits per heavy atom. The molecule has 0 bridgehead atoms. The number of aromatic nitrogens is 2. The second kappa shape index (κ2) is 5.74. The summed E-state index contributed by atoms with van der Waals surface area (Å²) in [5.41, 5.74) is 9.31. The molecule has 0 fully saturated rings. The van der Waals surface area contributed by atoms with Gasteiger partial charge < -0.3 is 20.2 Å². The molecule has 0 saturated heterocycles. The van der Waals surface area contributed by atoms with E-state index in [9.17, 15) is 0 Å². The molecule has 92 valence electrons. The van der Waals surface area contributed by atoms with Crippen molar-refractivity contribution in [3.05, 3.63) is 48.2 Å². The smallest absolute Gasteiger partial charge is 0.481 e. The summed E-state index contributed by atoms with van der Waals surface area (Å²) < 4.78 is 5.46. The normalized spacial score (nSPS) is 10.4. The Morgan fingerprint density at radius 1 is 1.16 bits per heavy atom. The van der Waals surface area contributed by atoms with Gasteiger partial charge in [-0.15, -0.1) is 0 Å². The second-order valence-electron chi connectivity index (χ2n) is 3.88. The monoisotopic (exact) mass is 478 g/mol. The van der Waals surface area contributed by atoms with Crippen molar-refractivity contribution >= 4 is 16.7 Å². The quantitative estimate of drug-likeness (QED) is 0.614. The molecule has 0 atom stereocenters. The number of aliphatic hydroxyl groups excluding tert-OH is 1. The largest absolute Gasteiger partial charge is 2.00 e. The van der Waals surface area contributed by atoms with Crippen LogP contribution in [-0.2, 0) is 6.61 Å². The van der Waals surface area contributed by atoms with Crippen LogP contribution >= 0.6 is 0 Å². The summed E-state index contributed by atoms with van der Waals surface area (Å²) >= 11 is 0. The Bertz CT molecular complexity index is 712. The molecule has 0 aliphatic heterocycles. The van der Waals surface area contributed by atoms with Crippen LogP contribution in [0.2, 0.25) is 0 Å². The standard InChI is InChI=1S/C13H10N3O2.U/c14-13-10-5-8(1-3-11(10)15-7-16-13)12-4-2-9(6-17)18-12;/h1-5,7,17H,6H2,(H-,14,15,16);/q-1;+2. The summed E-state index contributed by atoms with van der Waals surface area (Å²) in [5, 5.41) is 9.65. The Kier molecular flexibility index (Phi) is 4.25. The van der Waals surface area contributed by atoms with Gasteiger partial charge in [-0.2, -0.15) is 0 Å². The maximum absolute atomic E-state index is 8.97. The number of nitrogens with zero attached hydrogens (tertiary/aromatic N) is 2. The van der Waals surface area contributed by atoms with Crippen molar-refractivity contribution in [2.45, 2.75) is 6.61 Å². The van der Waals surface area contributed by atoms with Crippen molar-refractivity contribution in [3.63, 3.8) is 0 Å². The summed E-state index contributed by atoms with van der Waals surface area (Å²) in [6.07, 6.45) is 1.38. The molecule has 2 N–H and O–H groups in total. The summed E-state index contributed by atoms with van der Waals surface area (Å²) in [6, 6.07) is 9.03. The Labute approximate surface area is 133 Å². The molecule has 0 amide bonds. The summed E-state index contributed by atoms with van der Waals surface area (Å²) in [4.78, 5) is 7.94. The number of rotatable bonds is 2. The van der Waals surface area contributed by atoms with Crippen LogP contribution in [0.15, 0.2) is 41.1 Å². The van der Waals surface area contributed by atoms with E-state index < -0.39 is 0 Å². The minimum absolute atomic E-state index is 0. The molecule has 2 heterocycles. The van der Waals surface area contributed by atoms with Crippen molar-refractivity contribution < 1.29 is 40.6 Å². The van der Waals surface area contributed by atoms with Crippen LogP contribution in [0.5, 0.6) is 0 Å². The molecule has 3 rings (SSSR count). The summed E-state index contributed by atoms with van der Waals surface area (Å²) in [5.74, 6) is 1.36. The van der Waals surface area contributed by atoms with E-state index in [0.717, 1.165) is 11.1 Å². The summed E-state index contributed by atoms with van der Waals surface area (Å²) in [7, 11) is 0. The molecule has 0 aliphatic carbocycles. The van der Waals surface area contributed by atoms with Gasteiger partial charge in [0.2, 0.25) is 0 Å². The Morgan fingerprint density at radius 3 is 2.74 bits per heavy atom. The molecule has 0 saturated carbocycles. The third kappa shape index (κ3) is 2.66. The average Bonchev–Trinajstić information content (AvgIpc) is 2.88. The molecule has 0 spiro atoms. The van der Waals surface area contributed by atoms with Crippen molar-refractivity contribution in [2.24, 2.45) is 0 Å². The first-order valence-corrected chi connectivity index (χ1v) is 5.44. The first kappa shape index (κ1) is 14.1. The molecular weight excluding hydrogens is 468 g/mol. The van der Waals surface area contributed by atoms with Crippen LogP contribution in [0.3, 0.4) is 0 Å². The zero-order chi connectivity index (χ0) is 12.5. The number of nitrogens with one attached hydrogen (secondary N) is 1. The molecule has 1 aromatic carbocycles. The minimum Gasteiger partial charge on any atom is -0.481 e. The number of fused-ring (bicyclic) bond motifs is 1. The molecular formula is C13H10N3O2U+. The number of hydrogen-bond donors (Lipinski definition) is 1. The third-order valence-corrected chi connectivity index (χ3v) is 2.74. The first-order valence-electron chi connectivity index (χ1n) is 5.44. The maximum atomic E-state index is 8.97. The predicted octanol–water partition coefficient (Wildman–Crippen LogP) is 3.07. The number of benzene rings is 1. The van der Waals surface area contributed by atoms with Gasteiger partial charge in [0.15, 0.2) is 0 Å². The molecule has 0 unspecified atom stereocenters. The van der Waals surface area contributed by atoms with Crippen LogP contribution < -0.4 is 0 Å². The van der Waals surface area contributed by atoms with Crippen LogP contribution in [0, 0.1) is 31.1 Å². The Hall–Kier alpha value is -1.35. The van der Waals surface area contributed by atoms with E-state index in [-0.39, 0.29) is 43.5 Å². The molecule has 19 heavy (non-hydrogen) atoms. The van der Waals surface area contributed by atoms with Gasteiger partial charge in [0.25, 0.3) is 0 Å². The van der Waals surface area contributed by atoms with E-state index in [2.05, 4.69) is 9.97 Å². The average molecular weight is 478 g/mol. The molecule has 6 heteroatoms. The van der Waals surface area contributed by atoms with Crippen LogP contribution in [0.1, 0.15) is 5.76 Å². The van der Waals surface area contributed by atoms with E-state index in [0.29, 0.717) is 16.9 Å². The van der Waals surface area contributed by atoms with Gasteiger partial charge in [-0.3, -0.25) is 4.98 Å². The topological polar surface area (TPSA) is 83.0 Å². The zero-order valence-electron chi connectivity index (χ0n) is 9.92. The predicted molar refractivity (Wildman–Crippen MR) is 67.1 cm³/mol. The van der Waals surface area contributed by atoms with Gasteiger partial charge in [-0.25, -0.2) is 0 Å². The Balaban J connectivity index is 0.00000133. The van der Waals surface area contributed by atoms with Crippen molar-refractivity contribution in [1.29, 1.82) is 0 Å². The number of aliphatic hydroxyl groups is 1. The van der Waals surface area contributed by atoms with Gasteiger partial charge in [-0.05, 0) is 35.7 Å². The van der Waals surface area contributed by atoms with Gasteiger partial charge in [0, 0.05) is 11.9 Å². The van der Waals surface area contributed by atoms with Crippen LogP contribution in [-0.4, -0.2) is 15.1 Å². The maximum Gasteiger partial charge on any atom is 2.00 e. The van der Waals surface area contributed by atoms with Crippen LogP contribution in [0.25, 0.3) is 28.0 Å². The number of hydrogen-bond acceptors (Lipinski definition) is 4. The minimum atomic E-state index is -0.125. The van der Waals surface area contributed by atoms with E-state index >= 15 is 0 Å². The third-order valence-electron chi connectivity index (χ3n) is 2.74. The van der Waals surface area contributed by atoms with Gasteiger partial charge in [0.1, 0.15) is 18.1 Å². The van der Waals surface area contributed by atoms with E-state index in [4.69, 9.17) is 15.3 Å². The van der Waals surface area contributed by atoms with E-state index in [1.165, 1.54) is 6.33 Å². The fourth-order valence-corrected chi connectivity index (χ4v) is 1.83. The second-order valence-corrected chi connectivity index (χ2v) is 3.88. The van der Waals surface area contributed by atoms with E-state index in [1.54, 1.807) is 12.1 Å². The van der Waals surface area contributed by atoms with Crippen molar-refractivity contribution in [1.82, 2.24) is 9.97 Å². The zero-order valence-corrected chi connectivity index (χ0v) is 14.1. The van der Waals surface area contributed by atoms with Gasteiger partial charge >= 0.3 is 31.1 Å². The summed E-state index contributed by atoms with van der Waals surface area (Å²) in [6.45, 7) is -0.125. The first-order chi connectivity index (χ1) is 8.78. The molecule has 0 radical (unpaired) electrons. The molecule has 2 aromatic heterocycles. The fourth-order valence-electron chi connectivity index (χ4n) is 1.83. The van der Waals surface area contributed by atoms with E-state index in [1.807, 2.05) is 18.2 Å². The van der Waals surface area contributed by atoms with Crippen molar-refractivity contribution in [2.75, 3.05) is 0 Å². The fraction of sp³-hybridized carbons (Fsp3) is 0.0769. The molecule has 0 aliphatic rings. The van der Waals surface area contributed by atoms with Gasteiger partial charge in [-0.1, -0.05) is 5.82 Å². The van der Waals surface area contributed by atoms with Crippen LogP contribution in [0.4, 0.5) is 5.82 Å². The van der Waals surface area contributed by atoms with Crippen molar-refractivity contribution in [3.8, 4) is 11.3 Å².